The van der Waals surface area contributed by atoms with E-state index in [2.05, 4.69) is 37.1 Å². The topological polar surface area (TPSA) is 41.0 Å². The van der Waals surface area contributed by atoms with Gasteiger partial charge in [0.1, 0.15) is 5.82 Å². The lowest BCUT2D eigenvalue weighted by atomic mass is 10.1. The SMILES string of the molecule is CCN(CC)CCCC(C)Nc1nc(/C=C/c2ccc(Cl)cc2Cl)nc2ccccc12. The van der Waals surface area contributed by atoms with E-state index in [9.17, 15) is 0 Å². The minimum absolute atomic E-state index is 0.316. The lowest BCUT2D eigenvalue weighted by molar-refractivity contribution is 0.295. The van der Waals surface area contributed by atoms with Crippen molar-refractivity contribution in [1.82, 2.24) is 14.9 Å². The van der Waals surface area contributed by atoms with Crippen LogP contribution >= 0.6 is 23.2 Å². The highest BCUT2D eigenvalue weighted by atomic mass is 35.5. The van der Waals surface area contributed by atoms with E-state index in [0.717, 1.165) is 54.8 Å². The van der Waals surface area contributed by atoms with Crippen LogP contribution in [-0.2, 0) is 0 Å². The van der Waals surface area contributed by atoms with E-state index >= 15 is 0 Å². The van der Waals surface area contributed by atoms with Crippen molar-refractivity contribution in [1.29, 1.82) is 0 Å². The molecule has 0 saturated carbocycles. The Morgan fingerprint density at radius 3 is 2.55 bits per heavy atom. The molecule has 0 bridgehead atoms. The molecule has 0 radical (unpaired) electrons. The number of halogens is 2. The fourth-order valence-corrected chi connectivity index (χ4v) is 4.02. The van der Waals surface area contributed by atoms with Gasteiger partial charge in [-0.25, -0.2) is 9.97 Å². The fourth-order valence-electron chi connectivity index (χ4n) is 3.55. The van der Waals surface area contributed by atoms with E-state index in [4.69, 9.17) is 33.2 Å². The molecule has 0 aliphatic rings. The van der Waals surface area contributed by atoms with Gasteiger partial charge in [0.05, 0.1) is 5.52 Å². The number of nitrogens with one attached hydrogen (secondary N) is 1. The minimum Gasteiger partial charge on any atom is -0.367 e. The standard InChI is InChI=1S/C25H30Cl2N4/c1-4-31(5-2)16-8-9-18(3)28-25-21-10-6-7-11-23(21)29-24(30-25)15-13-19-12-14-20(26)17-22(19)27/h6-7,10-15,17-18H,4-5,8-9,16H2,1-3H3,(H,28,29,30)/b15-13+. The van der Waals surface area contributed by atoms with E-state index in [1.807, 2.05) is 42.5 Å². The maximum Gasteiger partial charge on any atom is 0.154 e. The molecule has 31 heavy (non-hydrogen) atoms. The fraction of sp³-hybridized carbons (Fsp3) is 0.360. The Balaban J connectivity index is 1.78. The van der Waals surface area contributed by atoms with E-state index in [1.165, 1.54) is 0 Å². The van der Waals surface area contributed by atoms with Crippen LogP contribution in [-0.4, -0.2) is 40.5 Å². The molecule has 0 fully saturated rings. The zero-order valence-corrected chi connectivity index (χ0v) is 19.9. The number of hydrogen-bond donors (Lipinski definition) is 1. The maximum absolute atomic E-state index is 6.29. The van der Waals surface area contributed by atoms with Crippen LogP contribution in [0.1, 0.15) is 45.0 Å². The van der Waals surface area contributed by atoms with Gasteiger partial charge in [0.15, 0.2) is 5.82 Å². The number of para-hydroxylation sites is 1. The number of benzene rings is 2. The van der Waals surface area contributed by atoms with Crippen LogP contribution in [0.2, 0.25) is 10.0 Å². The molecule has 0 spiro atoms. The van der Waals surface area contributed by atoms with Crippen molar-refractivity contribution in [2.75, 3.05) is 25.0 Å². The Kier molecular flexibility index (Phi) is 8.70. The summed E-state index contributed by atoms with van der Waals surface area (Å²) < 4.78 is 0. The van der Waals surface area contributed by atoms with Crippen LogP contribution in [0.3, 0.4) is 0 Å². The quantitative estimate of drug-likeness (QED) is 0.355. The Hall–Kier alpha value is -2.14. The summed E-state index contributed by atoms with van der Waals surface area (Å²) in [6, 6.07) is 13.8. The van der Waals surface area contributed by atoms with E-state index in [0.29, 0.717) is 21.9 Å². The third-order valence-corrected chi connectivity index (χ3v) is 5.95. The highest BCUT2D eigenvalue weighted by molar-refractivity contribution is 6.35. The van der Waals surface area contributed by atoms with Crippen molar-refractivity contribution in [3.8, 4) is 0 Å². The molecule has 1 heterocycles. The largest absolute Gasteiger partial charge is 0.367 e. The molecule has 0 aliphatic carbocycles. The summed E-state index contributed by atoms with van der Waals surface area (Å²) in [5, 5.41) is 5.85. The molecule has 3 aromatic rings. The average molecular weight is 457 g/mol. The monoisotopic (exact) mass is 456 g/mol. The molecular weight excluding hydrogens is 427 g/mol. The second-order valence-corrected chi connectivity index (χ2v) is 8.50. The molecule has 1 atom stereocenters. The van der Waals surface area contributed by atoms with Gasteiger partial charge in [-0.15, -0.1) is 0 Å². The normalized spacial score (nSPS) is 12.7. The molecule has 0 saturated heterocycles. The summed E-state index contributed by atoms with van der Waals surface area (Å²) >= 11 is 12.3. The Morgan fingerprint density at radius 1 is 1.03 bits per heavy atom. The lowest BCUT2D eigenvalue weighted by Crippen LogP contribution is -2.25. The summed E-state index contributed by atoms with van der Waals surface area (Å²) in [4.78, 5) is 11.9. The predicted molar refractivity (Wildman–Crippen MR) is 135 cm³/mol. The first-order valence-electron chi connectivity index (χ1n) is 10.9. The van der Waals surface area contributed by atoms with Gasteiger partial charge in [0, 0.05) is 21.5 Å². The van der Waals surface area contributed by atoms with Crippen molar-refractivity contribution in [3.05, 3.63) is 63.9 Å². The summed E-state index contributed by atoms with van der Waals surface area (Å²) in [5.74, 6) is 1.50. The maximum atomic E-state index is 6.29. The first-order valence-corrected chi connectivity index (χ1v) is 11.6. The number of rotatable bonds is 10. The van der Waals surface area contributed by atoms with Crippen LogP contribution < -0.4 is 5.32 Å². The van der Waals surface area contributed by atoms with Crippen molar-refractivity contribution in [3.63, 3.8) is 0 Å². The van der Waals surface area contributed by atoms with Gasteiger partial charge in [-0.2, -0.15) is 0 Å². The van der Waals surface area contributed by atoms with Crippen LogP contribution in [0, 0.1) is 0 Å². The minimum atomic E-state index is 0.316. The van der Waals surface area contributed by atoms with Gasteiger partial charge in [-0.1, -0.05) is 55.2 Å². The third kappa shape index (κ3) is 6.67. The number of anilines is 1. The van der Waals surface area contributed by atoms with Gasteiger partial charge >= 0.3 is 0 Å². The van der Waals surface area contributed by atoms with Gasteiger partial charge in [-0.05, 0) is 81.4 Å². The van der Waals surface area contributed by atoms with E-state index < -0.39 is 0 Å². The summed E-state index contributed by atoms with van der Waals surface area (Å²) in [7, 11) is 0. The van der Waals surface area contributed by atoms with Crippen molar-refractivity contribution in [2.45, 2.75) is 39.7 Å². The first-order chi connectivity index (χ1) is 15.0. The van der Waals surface area contributed by atoms with Crippen molar-refractivity contribution < 1.29 is 0 Å². The molecule has 3 rings (SSSR count). The molecule has 1 aromatic heterocycles. The van der Waals surface area contributed by atoms with Crippen LogP contribution in [0.4, 0.5) is 5.82 Å². The Labute approximate surface area is 195 Å². The van der Waals surface area contributed by atoms with Gasteiger partial charge < -0.3 is 10.2 Å². The first kappa shape index (κ1) is 23.5. The van der Waals surface area contributed by atoms with E-state index in [-0.39, 0.29) is 0 Å². The second-order valence-electron chi connectivity index (χ2n) is 7.66. The molecule has 0 amide bonds. The van der Waals surface area contributed by atoms with Crippen LogP contribution in [0.15, 0.2) is 42.5 Å². The number of fused-ring (bicyclic) bond motifs is 1. The Morgan fingerprint density at radius 2 is 1.81 bits per heavy atom. The average Bonchev–Trinajstić information content (AvgIpc) is 2.76. The number of aromatic nitrogens is 2. The zero-order chi connectivity index (χ0) is 22.2. The lowest BCUT2D eigenvalue weighted by Gasteiger charge is -2.20. The van der Waals surface area contributed by atoms with Crippen molar-refractivity contribution >= 4 is 52.1 Å². The highest BCUT2D eigenvalue weighted by Gasteiger charge is 2.10. The van der Waals surface area contributed by atoms with Gasteiger partial charge in [0.2, 0.25) is 0 Å². The second kappa shape index (κ2) is 11.5. The molecule has 164 valence electrons. The molecular formula is C25H30Cl2N4. The molecule has 1 unspecified atom stereocenters. The molecule has 0 aliphatic heterocycles. The highest BCUT2D eigenvalue weighted by Crippen LogP contribution is 2.25. The van der Waals surface area contributed by atoms with Gasteiger partial charge in [0.25, 0.3) is 0 Å². The molecule has 1 N–H and O–H groups in total. The zero-order valence-electron chi connectivity index (χ0n) is 18.4. The summed E-state index contributed by atoms with van der Waals surface area (Å²) in [5.41, 5.74) is 1.79. The molecule has 2 aromatic carbocycles. The summed E-state index contributed by atoms with van der Waals surface area (Å²) in [6.07, 6.45) is 6.04. The van der Waals surface area contributed by atoms with Crippen LogP contribution in [0.25, 0.3) is 23.1 Å². The third-order valence-electron chi connectivity index (χ3n) is 5.38. The number of nitrogens with zero attached hydrogens (tertiary/aromatic N) is 3. The summed E-state index contributed by atoms with van der Waals surface area (Å²) in [6.45, 7) is 9.96. The number of hydrogen-bond acceptors (Lipinski definition) is 4. The predicted octanol–water partition coefficient (Wildman–Crippen LogP) is 7.03. The van der Waals surface area contributed by atoms with Crippen molar-refractivity contribution in [2.24, 2.45) is 0 Å². The van der Waals surface area contributed by atoms with E-state index in [1.54, 1.807) is 6.07 Å². The smallest absolute Gasteiger partial charge is 0.154 e. The Bertz CT molecular complexity index is 1030. The molecule has 4 nitrogen and oxygen atoms in total. The molecule has 6 heteroatoms. The van der Waals surface area contributed by atoms with Crippen LogP contribution in [0.5, 0.6) is 0 Å². The van der Waals surface area contributed by atoms with Gasteiger partial charge in [-0.3, -0.25) is 0 Å².